The van der Waals surface area contributed by atoms with Gasteiger partial charge in [0.2, 0.25) is 0 Å². The van der Waals surface area contributed by atoms with Crippen LogP contribution < -0.4 is 9.80 Å². The summed E-state index contributed by atoms with van der Waals surface area (Å²) >= 11 is 0. The highest BCUT2D eigenvalue weighted by Gasteiger charge is 2.25. The molecule has 8 rings (SSSR count). The van der Waals surface area contributed by atoms with Crippen LogP contribution in [0.5, 0.6) is 11.5 Å². The quantitative estimate of drug-likeness (QED) is 0.0841. The summed E-state index contributed by atoms with van der Waals surface area (Å²) in [6.07, 6.45) is 3.54. The molecule has 0 spiro atoms. The molecule has 0 saturated carbocycles. The van der Waals surface area contributed by atoms with Crippen LogP contribution in [0.4, 0.5) is 34.1 Å². The summed E-state index contributed by atoms with van der Waals surface area (Å²) in [5, 5.41) is 23.0. The number of rotatable bonds is 18. The Bertz CT molecular complexity index is 2820. The van der Waals surface area contributed by atoms with Crippen molar-refractivity contribution < 1.29 is 10.2 Å². The highest BCUT2D eigenvalue weighted by atomic mass is 16.3. The van der Waals surface area contributed by atoms with E-state index >= 15 is 0 Å². The number of anilines is 6. The van der Waals surface area contributed by atoms with E-state index < -0.39 is 0 Å². The molecule has 0 aliphatic carbocycles. The Balaban J connectivity index is 0.993. The normalized spacial score (nSPS) is 12.0. The molecule has 0 radical (unpaired) electrons. The standard InChI is InChI=1S/C67H72N4O2/c1-45(2)59-37-57(70(53-23-15-11-16-24-53)54-25-17-12-18-26-54)38-60(46(3)4)65(59)49-31-33-51(63(72)35-49)41-68-43-67(9,10)44-69-42-52-34-32-50(36-64(52)73)66-61(47(5)6)39-58(40-62(66)48(7)8)71(55-27-19-13-20-28-55)56-29-21-14-22-30-56/h11-42,45-48,72-73H,43-44H2,1-10H3/b68-41+,69-42+. The predicted octanol–water partition coefficient (Wildman–Crippen LogP) is 18.4. The first-order chi connectivity index (χ1) is 35.1. The maximum Gasteiger partial charge on any atom is 0.124 e. The minimum Gasteiger partial charge on any atom is -0.507 e. The summed E-state index contributed by atoms with van der Waals surface area (Å²) in [6, 6.07) is 63.3. The highest BCUT2D eigenvalue weighted by molar-refractivity contribution is 5.89. The number of phenolic OH excluding ortho intramolecular Hbond substituents is 2. The Morgan fingerprint density at radius 3 is 0.904 bits per heavy atom. The molecular weight excluding hydrogens is 893 g/mol. The van der Waals surface area contributed by atoms with Crippen molar-refractivity contribution >= 4 is 46.6 Å². The molecule has 0 amide bonds. The van der Waals surface area contributed by atoms with Gasteiger partial charge >= 0.3 is 0 Å². The molecule has 0 bridgehead atoms. The molecular formula is C67H72N4O2. The van der Waals surface area contributed by atoms with Gasteiger partial charge in [-0.05, 0) is 165 Å². The molecule has 6 nitrogen and oxygen atoms in total. The molecule has 2 N–H and O–H groups in total. The molecule has 8 aromatic carbocycles. The Kier molecular flexibility index (Phi) is 16.1. The average molecular weight is 965 g/mol. The van der Waals surface area contributed by atoms with E-state index in [2.05, 4.69) is 237 Å². The summed E-state index contributed by atoms with van der Waals surface area (Å²) < 4.78 is 0. The second-order valence-corrected chi connectivity index (χ2v) is 21.3. The van der Waals surface area contributed by atoms with Crippen molar-refractivity contribution in [2.24, 2.45) is 15.4 Å². The van der Waals surface area contributed by atoms with Crippen molar-refractivity contribution in [3.05, 3.63) is 215 Å². The molecule has 372 valence electrons. The number of para-hydroxylation sites is 4. The maximum absolute atomic E-state index is 11.5. The zero-order valence-electron chi connectivity index (χ0n) is 44.4. The van der Waals surface area contributed by atoms with Crippen LogP contribution in [-0.2, 0) is 0 Å². The average Bonchev–Trinajstić information content (AvgIpc) is 3.38. The van der Waals surface area contributed by atoms with Crippen LogP contribution in [0.15, 0.2) is 192 Å². The topological polar surface area (TPSA) is 71.7 Å². The van der Waals surface area contributed by atoms with Gasteiger partial charge in [-0.3, -0.25) is 9.98 Å². The summed E-state index contributed by atoms with van der Waals surface area (Å²) in [7, 11) is 0. The van der Waals surface area contributed by atoms with Crippen LogP contribution in [0.25, 0.3) is 22.3 Å². The van der Waals surface area contributed by atoms with Gasteiger partial charge in [0.05, 0.1) is 0 Å². The molecule has 0 saturated heterocycles. The molecule has 0 aliphatic heterocycles. The summed E-state index contributed by atoms with van der Waals surface area (Å²) in [5.74, 6) is 1.31. The van der Waals surface area contributed by atoms with Gasteiger partial charge < -0.3 is 20.0 Å². The Morgan fingerprint density at radius 2 is 0.658 bits per heavy atom. The van der Waals surface area contributed by atoms with Crippen molar-refractivity contribution in [3.8, 4) is 33.8 Å². The largest absolute Gasteiger partial charge is 0.507 e. The van der Waals surface area contributed by atoms with Gasteiger partial charge in [0.1, 0.15) is 11.5 Å². The van der Waals surface area contributed by atoms with E-state index in [1.807, 2.05) is 24.3 Å². The third-order valence-corrected chi connectivity index (χ3v) is 13.6. The number of aromatic hydroxyl groups is 2. The number of hydrogen-bond donors (Lipinski definition) is 2. The monoisotopic (exact) mass is 965 g/mol. The van der Waals surface area contributed by atoms with Crippen LogP contribution in [-0.4, -0.2) is 35.7 Å². The fourth-order valence-electron chi connectivity index (χ4n) is 9.74. The number of nitrogens with zero attached hydrogens (tertiary/aromatic N) is 4. The minimum absolute atomic E-state index is 0.193. The van der Waals surface area contributed by atoms with Gasteiger partial charge in [0, 0.05) is 76.2 Å². The van der Waals surface area contributed by atoms with Gasteiger partial charge in [0.25, 0.3) is 0 Å². The molecule has 0 unspecified atom stereocenters. The van der Waals surface area contributed by atoms with E-state index in [-0.39, 0.29) is 40.6 Å². The Morgan fingerprint density at radius 1 is 0.384 bits per heavy atom. The van der Waals surface area contributed by atoms with E-state index in [1.54, 1.807) is 12.4 Å². The molecule has 8 aromatic rings. The van der Waals surface area contributed by atoms with Crippen molar-refractivity contribution in [2.45, 2.75) is 92.9 Å². The van der Waals surface area contributed by atoms with E-state index in [9.17, 15) is 10.2 Å². The van der Waals surface area contributed by atoms with Gasteiger partial charge in [-0.1, -0.05) is 154 Å². The summed E-state index contributed by atoms with van der Waals surface area (Å²) in [6.45, 7) is 23.2. The molecule has 6 heteroatoms. The predicted molar refractivity (Wildman–Crippen MR) is 312 cm³/mol. The Labute approximate surface area is 435 Å². The van der Waals surface area contributed by atoms with Crippen molar-refractivity contribution in [1.29, 1.82) is 0 Å². The van der Waals surface area contributed by atoms with E-state index in [0.717, 1.165) is 56.4 Å². The van der Waals surface area contributed by atoms with E-state index in [1.165, 1.54) is 22.3 Å². The van der Waals surface area contributed by atoms with Crippen LogP contribution >= 0.6 is 0 Å². The number of aliphatic imine (C=N–C) groups is 2. The van der Waals surface area contributed by atoms with Crippen LogP contribution in [0.3, 0.4) is 0 Å². The maximum atomic E-state index is 11.5. The molecule has 0 atom stereocenters. The SMILES string of the molecule is CC(C)c1cc(N(c2ccccc2)c2ccccc2)cc(C(C)C)c1-c1ccc(/C=N/CC(C)(C)C/N=C/c2ccc(-c3c(C(C)C)cc(N(c4ccccc4)c4ccccc4)cc3C(C)C)cc2O)c(O)c1. The minimum atomic E-state index is -0.279. The number of benzene rings is 8. The molecule has 0 aromatic heterocycles. The number of hydrogen-bond acceptors (Lipinski definition) is 6. The second-order valence-electron chi connectivity index (χ2n) is 21.3. The lowest BCUT2D eigenvalue weighted by molar-refractivity contribution is 0.396. The fourth-order valence-corrected chi connectivity index (χ4v) is 9.74. The zero-order chi connectivity index (χ0) is 51.8. The van der Waals surface area contributed by atoms with Crippen LogP contribution in [0, 0.1) is 5.41 Å². The summed E-state index contributed by atoms with van der Waals surface area (Å²) in [5.41, 5.74) is 16.9. The number of phenols is 2. The first-order valence-electron chi connectivity index (χ1n) is 25.9. The second kappa shape index (κ2) is 22.8. The summed E-state index contributed by atoms with van der Waals surface area (Å²) in [4.78, 5) is 14.3. The van der Waals surface area contributed by atoms with Crippen molar-refractivity contribution in [3.63, 3.8) is 0 Å². The lowest BCUT2D eigenvalue weighted by Gasteiger charge is -2.29. The van der Waals surface area contributed by atoms with Crippen molar-refractivity contribution in [2.75, 3.05) is 22.9 Å². The van der Waals surface area contributed by atoms with Gasteiger partial charge in [-0.15, -0.1) is 0 Å². The van der Waals surface area contributed by atoms with E-state index in [0.29, 0.717) is 24.2 Å². The lowest BCUT2D eigenvalue weighted by Crippen LogP contribution is -2.19. The molecule has 0 heterocycles. The molecule has 0 aliphatic rings. The molecule has 73 heavy (non-hydrogen) atoms. The lowest BCUT2D eigenvalue weighted by atomic mass is 9.84. The zero-order valence-corrected chi connectivity index (χ0v) is 44.4. The van der Waals surface area contributed by atoms with Gasteiger partial charge in [0.15, 0.2) is 0 Å². The molecule has 0 fully saturated rings. The third-order valence-electron chi connectivity index (χ3n) is 13.6. The third kappa shape index (κ3) is 12.0. The van der Waals surface area contributed by atoms with Gasteiger partial charge in [-0.2, -0.15) is 0 Å². The van der Waals surface area contributed by atoms with E-state index in [4.69, 9.17) is 9.98 Å². The van der Waals surface area contributed by atoms with Crippen LogP contribution in [0.2, 0.25) is 0 Å². The van der Waals surface area contributed by atoms with Gasteiger partial charge in [-0.25, -0.2) is 0 Å². The first kappa shape index (κ1) is 51.6. The van der Waals surface area contributed by atoms with Crippen LogP contribution in [0.1, 0.15) is 126 Å². The first-order valence-corrected chi connectivity index (χ1v) is 25.9. The highest BCUT2D eigenvalue weighted by Crippen LogP contribution is 2.46. The Hall–Kier alpha value is -7.70. The fraction of sp³-hybridized carbons (Fsp3) is 0.254. The smallest absolute Gasteiger partial charge is 0.124 e. The van der Waals surface area contributed by atoms with Crippen molar-refractivity contribution in [1.82, 2.24) is 0 Å².